The summed E-state index contributed by atoms with van der Waals surface area (Å²) >= 11 is 12.2. The van der Waals surface area contributed by atoms with Crippen LogP contribution in [0.4, 0.5) is 4.39 Å². The molecule has 2 N–H and O–H groups in total. The largest absolute Gasteiger partial charge is 0.330 e. The summed E-state index contributed by atoms with van der Waals surface area (Å²) in [5.41, 5.74) is 7.65. The summed E-state index contributed by atoms with van der Waals surface area (Å²) in [4.78, 5) is 0. The summed E-state index contributed by atoms with van der Waals surface area (Å²) in [5.74, 6) is -0.313. The van der Waals surface area contributed by atoms with Gasteiger partial charge in [0, 0.05) is 15.6 Å². The van der Waals surface area contributed by atoms with Crippen molar-refractivity contribution in [3.8, 4) is 11.1 Å². The van der Waals surface area contributed by atoms with Crippen molar-refractivity contribution in [2.75, 3.05) is 6.54 Å². The zero-order chi connectivity index (χ0) is 13.1. The molecule has 0 saturated heterocycles. The quantitative estimate of drug-likeness (QED) is 0.893. The fraction of sp³-hybridized carbons (Fsp3) is 0.143. The SMILES string of the molecule is NCCc1cc(F)cc(-c2c(Cl)cccc2Cl)c1. The van der Waals surface area contributed by atoms with Crippen molar-refractivity contribution in [1.29, 1.82) is 0 Å². The summed E-state index contributed by atoms with van der Waals surface area (Å²) in [6.07, 6.45) is 0.618. The highest BCUT2D eigenvalue weighted by atomic mass is 35.5. The predicted molar refractivity (Wildman–Crippen MR) is 74.6 cm³/mol. The van der Waals surface area contributed by atoms with Crippen molar-refractivity contribution < 1.29 is 4.39 Å². The summed E-state index contributed by atoms with van der Waals surface area (Å²) in [6.45, 7) is 0.471. The Bertz CT molecular complexity index is 549. The molecule has 4 heteroatoms. The molecule has 0 unspecified atom stereocenters. The van der Waals surface area contributed by atoms with Gasteiger partial charge in [0.2, 0.25) is 0 Å². The lowest BCUT2D eigenvalue weighted by atomic mass is 10.0. The summed E-state index contributed by atoms with van der Waals surface area (Å²) in [7, 11) is 0. The molecule has 2 aromatic carbocycles. The zero-order valence-electron chi connectivity index (χ0n) is 9.59. The molecule has 0 radical (unpaired) electrons. The third-order valence-corrected chi connectivity index (χ3v) is 3.27. The molecule has 0 aromatic heterocycles. The van der Waals surface area contributed by atoms with E-state index >= 15 is 0 Å². The van der Waals surface area contributed by atoms with Crippen molar-refractivity contribution in [1.82, 2.24) is 0 Å². The second kappa shape index (κ2) is 5.70. The van der Waals surface area contributed by atoms with Crippen LogP contribution >= 0.6 is 23.2 Å². The zero-order valence-corrected chi connectivity index (χ0v) is 11.1. The standard InChI is InChI=1S/C14H12Cl2FN/c15-12-2-1-3-13(16)14(12)10-6-9(4-5-18)7-11(17)8-10/h1-3,6-8H,4-5,18H2. The molecule has 0 aliphatic carbocycles. The molecule has 0 atom stereocenters. The van der Waals surface area contributed by atoms with Crippen LogP contribution in [0.5, 0.6) is 0 Å². The molecule has 0 aliphatic heterocycles. The van der Waals surface area contributed by atoms with Crippen molar-refractivity contribution in [2.24, 2.45) is 5.73 Å². The molecule has 18 heavy (non-hydrogen) atoms. The first kappa shape index (κ1) is 13.3. The molecule has 2 rings (SSSR count). The van der Waals surface area contributed by atoms with E-state index in [0.717, 1.165) is 5.56 Å². The molecule has 0 saturated carbocycles. The number of halogens is 3. The number of nitrogens with two attached hydrogens (primary N) is 1. The molecule has 94 valence electrons. The van der Waals surface area contributed by atoms with Gasteiger partial charge < -0.3 is 5.73 Å². The van der Waals surface area contributed by atoms with Gasteiger partial charge >= 0.3 is 0 Å². The first-order chi connectivity index (χ1) is 8.61. The van der Waals surface area contributed by atoms with Gasteiger partial charge in [0.1, 0.15) is 5.82 Å². The van der Waals surface area contributed by atoms with Crippen molar-refractivity contribution >= 4 is 23.2 Å². The highest BCUT2D eigenvalue weighted by molar-refractivity contribution is 6.39. The minimum Gasteiger partial charge on any atom is -0.330 e. The Morgan fingerprint density at radius 3 is 2.33 bits per heavy atom. The molecular formula is C14H12Cl2FN. The van der Waals surface area contributed by atoms with E-state index in [1.54, 1.807) is 18.2 Å². The Labute approximate surface area is 115 Å². The maximum Gasteiger partial charge on any atom is 0.124 e. The van der Waals surface area contributed by atoms with Gasteiger partial charge in [-0.05, 0) is 48.4 Å². The van der Waals surface area contributed by atoms with Crippen LogP contribution in [0.3, 0.4) is 0 Å². The molecule has 0 aliphatic rings. The third kappa shape index (κ3) is 2.83. The molecule has 0 fully saturated rings. The van der Waals surface area contributed by atoms with Crippen LogP contribution in [-0.2, 0) is 6.42 Å². The lowest BCUT2D eigenvalue weighted by Gasteiger charge is -2.09. The molecule has 0 bridgehead atoms. The van der Waals surface area contributed by atoms with E-state index in [1.807, 2.05) is 6.07 Å². The minimum absolute atomic E-state index is 0.313. The Balaban J connectivity index is 2.56. The summed E-state index contributed by atoms with van der Waals surface area (Å²) in [6, 6.07) is 9.98. The maximum atomic E-state index is 13.6. The first-order valence-electron chi connectivity index (χ1n) is 5.55. The van der Waals surface area contributed by atoms with Crippen molar-refractivity contribution in [3.63, 3.8) is 0 Å². The maximum absolute atomic E-state index is 13.6. The topological polar surface area (TPSA) is 26.0 Å². The number of hydrogen-bond donors (Lipinski definition) is 1. The normalized spacial score (nSPS) is 10.7. The van der Waals surface area contributed by atoms with E-state index in [-0.39, 0.29) is 5.82 Å². The van der Waals surface area contributed by atoms with Gasteiger partial charge in [-0.3, -0.25) is 0 Å². The molecule has 0 spiro atoms. The average Bonchev–Trinajstić information content (AvgIpc) is 2.28. The highest BCUT2D eigenvalue weighted by Gasteiger charge is 2.10. The van der Waals surface area contributed by atoms with Crippen LogP contribution < -0.4 is 5.73 Å². The lowest BCUT2D eigenvalue weighted by molar-refractivity contribution is 0.626. The number of hydrogen-bond acceptors (Lipinski definition) is 1. The van der Waals surface area contributed by atoms with E-state index in [9.17, 15) is 4.39 Å². The van der Waals surface area contributed by atoms with Gasteiger partial charge in [0.15, 0.2) is 0 Å². The van der Waals surface area contributed by atoms with Crippen LogP contribution in [0.15, 0.2) is 36.4 Å². The second-order valence-corrected chi connectivity index (χ2v) is 4.80. The van der Waals surface area contributed by atoms with Crippen molar-refractivity contribution in [3.05, 3.63) is 57.8 Å². The molecule has 0 heterocycles. The third-order valence-electron chi connectivity index (χ3n) is 2.64. The monoisotopic (exact) mass is 283 g/mol. The summed E-state index contributed by atoms with van der Waals surface area (Å²) < 4.78 is 13.6. The fourth-order valence-electron chi connectivity index (χ4n) is 1.88. The second-order valence-electron chi connectivity index (χ2n) is 3.98. The Morgan fingerprint density at radius 2 is 1.72 bits per heavy atom. The Hall–Kier alpha value is -1.09. The van der Waals surface area contributed by atoms with E-state index in [2.05, 4.69) is 0 Å². The van der Waals surface area contributed by atoms with Crippen LogP contribution in [0.25, 0.3) is 11.1 Å². The Kier molecular flexibility index (Phi) is 4.23. The van der Waals surface area contributed by atoms with Crippen LogP contribution in [0.1, 0.15) is 5.56 Å². The van der Waals surface area contributed by atoms with Gasteiger partial charge in [-0.15, -0.1) is 0 Å². The van der Waals surface area contributed by atoms with Gasteiger partial charge in [0.25, 0.3) is 0 Å². The van der Waals surface area contributed by atoms with E-state index in [4.69, 9.17) is 28.9 Å². The van der Waals surface area contributed by atoms with Gasteiger partial charge in [-0.25, -0.2) is 4.39 Å². The van der Waals surface area contributed by atoms with Crippen molar-refractivity contribution in [2.45, 2.75) is 6.42 Å². The fourth-order valence-corrected chi connectivity index (χ4v) is 2.50. The molecule has 2 aromatic rings. The highest BCUT2D eigenvalue weighted by Crippen LogP contribution is 2.35. The number of rotatable bonds is 3. The minimum atomic E-state index is -0.313. The van der Waals surface area contributed by atoms with E-state index in [1.165, 1.54) is 12.1 Å². The first-order valence-corrected chi connectivity index (χ1v) is 6.31. The van der Waals surface area contributed by atoms with Gasteiger partial charge in [-0.2, -0.15) is 0 Å². The smallest absolute Gasteiger partial charge is 0.124 e. The predicted octanol–water partition coefficient (Wildman–Crippen LogP) is 4.30. The molecular weight excluding hydrogens is 272 g/mol. The Morgan fingerprint density at radius 1 is 1.06 bits per heavy atom. The van der Waals surface area contributed by atoms with Gasteiger partial charge in [-0.1, -0.05) is 35.3 Å². The van der Waals surface area contributed by atoms with E-state index in [0.29, 0.717) is 34.1 Å². The number of benzene rings is 2. The van der Waals surface area contributed by atoms with Crippen LogP contribution in [0, 0.1) is 5.82 Å². The molecule has 1 nitrogen and oxygen atoms in total. The van der Waals surface area contributed by atoms with Gasteiger partial charge in [0.05, 0.1) is 0 Å². The average molecular weight is 284 g/mol. The lowest BCUT2D eigenvalue weighted by Crippen LogP contribution is -2.03. The molecule has 0 amide bonds. The van der Waals surface area contributed by atoms with Crippen LogP contribution in [-0.4, -0.2) is 6.54 Å². The summed E-state index contributed by atoms with van der Waals surface area (Å²) in [5, 5.41) is 1.01. The van der Waals surface area contributed by atoms with Crippen LogP contribution in [0.2, 0.25) is 10.0 Å². The van der Waals surface area contributed by atoms with E-state index < -0.39 is 0 Å².